The second-order valence-corrected chi connectivity index (χ2v) is 6.42. The number of hydrogen-bond acceptors (Lipinski definition) is 4. The Labute approximate surface area is 171 Å². The van der Waals surface area contributed by atoms with Gasteiger partial charge in [0.25, 0.3) is 0 Å². The summed E-state index contributed by atoms with van der Waals surface area (Å²) in [4.78, 5) is 10.7. The van der Waals surface area contributed by atoms with Crippen molar-refractivity contribution in [3.63, 3.8) is 0 Å². The van der Waals surface area contributed by atoms with Crippen LogP contribution in [0.1, 0.15) is 11.1 Å². The molecule has 0 spiro atoms. The molecule has 9 heteroatoms. The van der Waals surface area contributed by atoms with Gasteiger partial charge in [-0.1, -0.05) is 36.4 Å². The normalized spacial score (nSPS) is 11.8. The average molecular weight is 426 g/mol. The van der Waals surface area contributed by atoms with Crippen molar-refractivity contribution in [1.29, 1.82) is 0 Å². The summed E-state index contributed by atoms with van der Waals surface area (Å²) in [5, 5.41) is 4.05. The molecule has 0 saturated heterocycles. The molecular weight excluding hydrogens is 407 g/mol. The zero-order valence-corrected chi connectivity index (χ0v) is 16.0. The highest BCUT2D eigenvalue weighted by atomic mass is 35.5. The van der Waals surface area contributed by atoms with Crippen molar-refractivity contribution < 1.29 is 22.7 Å². The maximum absolute atomic E-state index is 12.3. The van der Waals surface area contributed by atoms with Crippen molar-refractivity contribution in [2.45, 2.75) is 12.8 Å². The molecule has 1 amide bonds. The van der Waals surface area contributed by atoms with E-state index in [0.717, 1.165) is 0 Å². The van der Waals surface area contributed by atoms with E-state index < -0.39 is 12.8 Å². The van der Waals surface area contributed by atoms with Gasteiger partial charge in [0.15, 0.2) is 0 Å². The zero-order valence-electron chi connectivity index (χ0n) is 15.2. The molecule has 154 valence electrons. The molecule has 0 unspecified atom stereocenters. The van der Waals surface area contributed by atoms with E-state index in [4.69, 9.17) is 22.2 Å². The first kappa shape index (κ1) is 22.5. The minimum absolute atomic E-state index is 0.260. The summed E-state index contributed by atoms with van der Waals surface area (Å²) in [5.41, 5.74) is 2.24. The van der Waals surface area contributed by atoms with Gasteiger partial charge in [0.05, 0.1) is 18.0 Å². The summed E-state index contributed by atoms with van der Waals surface area (Å²) >= 11 is 6.15. The predicted octanol–water partition coefficient (Wildman–Crippen LogP) is 4.40. The van der Waals surface area contributed by atoms with Gasteiger partial charge in [0.2, 0.25) is 6.41 Å². The maximum atomic E-state index is 12.3. The van der Waals surface area contributed by atoms with Crippen LogP contribution in [-0.2, 0) is 16.1 Å². The first-order valence-electron chi connectivity index (χ1n) is 8.34. The Balaban J connectivity index is 2.39. The molecule has 2 aromatic carbocycles. The van der Waals surface area contributed by atoms with Crippen LogP contribution in [0.3, 0.4) is 0 Å². The van der Waals surface area contributed by atoms with Gasteiger partial charge < -0.3 is 10.1 Å². The van der Waals surface area contributed by atoms with E-state index in [9.17, 15) is 18.0 Å². The van der Waals surface area contributed by atoms with Gasteiger partial charge in [-0.25, -0.2) is 5.84 Å². The Morgan fingerprint density at radius 1 is 1.24 bits per heavy atom. The van der Waals surface area contributed by atoms with Gasteiger partial charge in [-0.3, -0.25) is 9.80 Å². The lowest BCUT2D eigenvalue weighted by Crippen LogP contribution is -2.29. The second kappa shape index (κ2) is 10.1. The number of amides is 1. The summed E-state index contributed by atoms with van der Waals surface area (Å²) in [6.07, 6.45) is -2.44. The maximum Gasteiger partial charge on any atom is 0.411 e. The zero-order chi connectivity index (χ0) is 21.4. The highest BCUT2D eigenvalue weighted by Crippen LogP contribution is 2.28. The number of benzene rings is 2. The molecule has 0 aliphatic rings. The van der Waals surface area contributed by atoms with E-state index in [1.165, 1.54) is 17.2 Å². The summed E-state index contributed by atoms with van der Waals surface area (Å²) in [6.45, 7) is 2.07. The minimum atomic E-state index is -4.42. The molecule has 3 N–H and O–H groups in total. The number of anilines is 1. The number of hydrogen-bond donors (Lipinski definition) is 2. The molecule has 5 nitrogen and oxygen atoms in total. The molecule has 0 bridgehead atoms. The van der Waals surface area contributed by atoms with Crippen molar-refractivity contribution in [3.8, 4) is 0 Å². The number of para-hydroxylation sites is 1. The lowest BCUT2D eigenvalue weighted by atomic mass is 10.1. The standard InChI is InChI=1S/C20H19ClF3N3O2/c1-14(26-13-28)7-19(27(25)18-5-3-2-4-6-18)16-8-15(9-17(21)10-16)11-29-12-20(22,23)24/h2-10,13H,1,11-12,25H2,(H,26,28)/b19-7-. The van der Waals surface area contributed by atoms with Gasteiger partial charge in [0.1, 0.15) is 6.61 Å². The number of allylic oxidation sites excluding steroid dienone is 1. The summed E-state index contributed by atoms with van der Waals surface area (Å²) in [7, 11) is 0. The van der Waals surface area contributed by atoms with Crippen LogP contribution < -0.4 is 16.2 Å². The molecule has 0 heterocycles. The van der Waals surface area contributed by atoms with E-state index in [-0.39, 0.29) is 17.3 Å². The van der Waals surface area contributed by atoms with E-state index in [1.54, 1.807) is 36.4 Å². The van der Waals surface area contributed by atoms with E-state index in [1.807, 2.05) is 6.07 Å². The number of carbonyl (C=O) groups is 1. The van der Waals surface area contributed by atoms with Crippen molar-refractivity contribution in [3.05, 3.63) is 83.0 Å². The number of rotatable bonds is 9. The lowest BCUT2D eigenvalue weighted by Gasteiger charge is -2.23. The Kier molecular flexibility index (Phi) is 7.83. The van der Waals surface area contributed by atoms with Crippen molar-refractivity contribution in [2.75, 3.05) is 11.6 Å². The molecule has 29 heavy (non-hydrogen) atoms. The molecule has 0 atom stereocenters. The monoisotopic (exact) mass is 425 g/mol. The summed E-state index contributed by atoms with van der Waals surface area (Å²) in [5.74, 6) is 6.26. The van der Waals surface area contributed by atoms with Gasteiger partial charge in [-0.05, 0) is 42.0 Å². The lowest BCUT2D eigenvalue weighted by molar-refractivity contribution is -0.176. The summed E-state index contributed by atoms with van der Waals surface area (Å²) in [6, 6.07) is 13.6. The SMILES string of the molecule is C=C(/C=C(/c1cc(Cl)cc(COCC(F)(F)F)c1)N(N)c1ccccc1)NC=O. The van der Waals surface area contributed by atoms with Crippen molar-refractivity contribution >= 4 is 29.4 Å². The molecular formula is C20H19ClF3N3O2. The smallest absolute Gasteiger partial charge is 0.367 e. The van der Waals surface area contributed by atoms with E-state index >= 15 is 0 Å². The number of ether oxygens (including phenoxy) is 1. The third kappa shape index (κ3) is 7.26. The largest absolute Gasteiger partial charge is 0.411 e. The highest BCUT2D eigenvalue weighted by Gasteiger charge is 2.27. The Morgan fingerprint density at radius 3 is 2.55 bits per heavy atom. The molecule has 0 radical (unpaired) electrons. The third-order valence-corrected chi connectivity index (χ3v) is 3.86. The third-order valence-electron chi connectivity index (χ3n) is 3.64. The number of alkyl halides is 3. The van der Waals surface area contributed by atoms with Crippen LogP contribution in [0.4, 0.5) is 18.9 Å². The van der Waals surface area contributed by atoms with Crippen LogP contribution in [-0.4, -0.2) is 19.2 Å². The molecule has 0 aliphatic carbocycles. The highest BCUT2D eigenvalue weighted by molar-refractivity contribution is 6.30. The predicted molar refractivity (Wildman–Crippen MR) is 107 cm³/mol. The first-order valence-corrected chi connectivity index (χ1v) is 8.72. The van der Waals surface area contributed by atoms with Crippen LogP contribution >= 0.6 is 11.6 Å². The van der Waals surface area contributed by atoms with Gasteiger partial charge in [-0.2, -0.15) is 13.2 Å². The number of nitrogens with two attached hydrogens (primary N) is 1. The topological polar surface area (TPSA) is 67.6 Å². The van der Waals surface area contributed by atoms with Crippen LogP contribution in [0, 0.1) is 0 Å². The van der Waals surface area contributed by atoms with Gasteiger partial charge >= 0.3 is 6.18 Å². The average Bonchev–Trinajstić information content (AvgIpc) is 2.65. The van der Waals surface area contributed by atoms with Crippen LogP contribution in [0.2, 0.25) is 5.02 Å². The molecule has 0 aliphatic heterocycles. The molecule has 0 saturated carbocycles. The Hall–Kier alpha value is -2.81. The van der Waals surface area contributed by atoms with Crippen LogP contribution in [0.15, 0.2) is 66.9 Å². The van der Waals surface area contributed by atoms with E-state index in [0.29, 0.717) is 28.9 Å². The quantitative estimate of drug-likeness (QED) is 0.270. The fourth-order valence-corrected chi connectivity index (χ4v) is 2.73. The van der Waals surface area contributed by atoms with Crippen molar-refractivity contribution in [2.24, 2.45) is 5.84 Å². The number of hydrazine groups is 1. The Morgan fingerprint density at radius 2 is 1.93 bits per heavy atom. The number of carbonyl (C=O) groups excluding carboxylic acids is 1. The Bertz CT molecular complexity index is 886. The van der Waals surface area contributed by atoms with Gasteiger partial charge in [0, 0.05) is 16.3 Å². The second-order valence-electron chi connectivity index (χ2n) is 5.98. The van der Waals surface area contributed by atoms with Crippen LogP contribution in [0.25, 0.3) is 5.70 Å². The number of nitrogens with zero attached hydrogens (tertiary/aromatic N) is 1. The first-order chi connectivity index (χ1) is 13.7. The number of nitrogens with one attached hydrogen (secondary N) is 1. The van der Waals surface area contributed by atoms with Crippen molar-refractivity contribution in [1.82, 2.24) is 5.32 Å². The molecule has 2 rings (SSSR count). The molecule has 0 fully saturated rings. The fraction of sp³-hybridized carbons (Fsp3) is 0.150. The number of halogens is 4. The molecule has 0 aromatic heterocycles. The minimum Gasteiger partial charge on any atom is -0.367 e. The molecule has 2 aromatic rings. The van der Waals surface area contributed by atoms with E-state index in [2.05, 4.69) is 11.9 Å². The van der Waals surface area contributed by atoms with Gasteiger partial charge in [-0.15, -0.1) is 0 Å². The summed E-state index contributed by atoms with van der Waals surface area (Å²) < 4.78 is 41.7. The van der Waals surface area contributed by atoms with Crippen LogP contribution in [0.5, 0.6) is 0 Å². The fourth-order valence-electron chi connectivity index (χ4n) is 2.47.